The molecule has 2 aromatic rings. The molecule has 0 bridgehead atoms. The number of carbonyl (C=O) groups is 2. The molecule has 1 heterocycles. The molecule has 0 aliphatic carbocycles. The van der Waals surface area contributed by atoms with Crippen LogP contribution in [0.3, 0.4) is 0 Å². The predicted molar refractivity (Wildman–Crippen MR) is 92.0 cm³/mol. The van der Waals surface area contributed by atoms with E-state index in [-0.39, 0.29) is 18.2 Å². The van der Waals surface area contributed by atoms with Crippen LogP contribution in [-0.4, -0.2) is 18.9 Å². The monoisotopic (exact) mass is 328 g/mol. The Hall–Kier alpha value is -2.33. The molecule has 1 aliphatic heterocycles. The van der Waals surface area contributed by atoms with Crippen molar-refractivity contribution in [2.45, 2.75) is 19.3 Å². The molecule has 1 aliphatic rings. The highest BCUT2D eigenvalue weighted by molar-refractivity contribution is 6.31. The number of anilines is 2. The summed E-state index contributed by atoms with van der Waals surface area (Å²) in [6.07, 6.45) is 0.166. The van der Waals surface area contributed by atoms with Crippen LogP contribution >= 0.6 is 11.6 Å². The molecule has 23 heavy (non-hydrogen) atoms. The topological polar surface area (TPSA) is 49.4 Å². The number of nitrogens with zero attached hydrogens (tertiary/aromatic N) is 1. The number of halogens is 1. The molecule has 0 fully saturated rings. The zero-order valence-electron chi connectivity index (χ0n) is 13.0. The van der Waals surface area contributed by atoms with Gasteiger partial charge in [0.15, 0.2) is 0 Å². The molecule has 118 valence electrons. The fraction of sp³-hybridized carbons (Fsp3) is 0.222. The van der Waals surface area contributed by atoms with Gasteiger partial charge in [-0.2, -0.15) is 0 Å². The number of hydrogen-bond donors (Lipinski definition) is 1. The molecule has 1 unspecified atom stereocenters. The van der Waals surface area contributed by atoms with Crippen molar-refractivity contribution in [2.75, 3.05) is 17.3 Å². The molecule has 0 spiro atoms. The van der Waals surface area contributed by atoms with Crippen LogP contribution in [0, 0.1) is 6.92 Å². The van der Waals surface area contributed by atoms with Gasteiger partial charge >= 0.3 is 0 Å². The highest BCUT2D eigenvalue weighted by Gasteiger charge is 2.33. The van der Waals surface area contributed by atoms with E-state index in [0.29, 0.717) is 10.7 Å². The van der Waals surface area contributed by atoms with Crippen LogP contribution in [0.2, 0.25) is 5.02 Å². The Morgan fingerprint density at radius 3 is 2.78 bits per heavy atom. The summed E-state index contributed by atoms with van der Waals surface area (Å²) < 4.78 is 0. The van der Waals surface area contributed by atoms with Crippen LogP contribution in [0.5, 0.6) is 0 Å². The van der Waals surface area contributed by atoms with Crippen LogP contribution in [0.1, 0.15) is 23.5 Å². The van der Waals surface area contributed by atoms with Gasteiger partial charge in [0.1, 0.15) is 0 Å². The van der Waals surface area contributed by atoms with Crippen LogP contribution < -0.4 is 10.2 Å². The SMILES string of the molecule is Cc1ccc(Cl)cc1NC(=O)C1CC(=O)N(C)c2ccccc21. The second-order valence-electron chi connectivity index (χ2n) is 5.72. The van der Waals surface area contributed by atoms with Crippen molar-refractivity contribution in [1.82, 2.24) is 0 Å². The Balaban J connectivity index is 1.92. The first-order valence-corrected chi connectivity index (χ1v) is 7.77. The zero-order valence-corrected chi connectivity index (χ0v) is 13.7. The van der Waals surface area contributed by atoms with Gasteiger partial charge in [-0.15, -0.1) is 0 Å². The third kappa shape index (κ3) is 2.94. The summed E-state index contributed by atoms with van der Waals surface area (Å²) in [6, 6.07) is 12.9. The van der Waals surface area contributed by atoms with E-state index in [1.807, 2.05) is 37.3 Å². The highest BCUT2D eigenvalue weighted by Crippen LogP contribution is 2.36. The highest BCUT2D eigenvalue weighted by atomic mass is 35.5. The second kappa shape index (κ2) is 6.05. The first-order valence-electron chi connectivity index (χ1n) is 7.40. The van der Waals surface area contributed by atoms with Gasteiger partial charge < -0.3 is 10.2 Å². The van der Waals surface area contributed by atoms with E-state index < -0.39 is 5.92 Å². The zero-order chi connectivity index (χ0) is 16.6. The lowest BCUT2D eigenvalue weighted by Gasteiger charge is -2.31. The maximum atomic E-state index is 12.7. The number of benzene rings is 2. The molecule has 4 nitrogen and oxygen atoms in total. The van der Waals surface area contributed by atoms with Gasteiger partial charge in [0.05, 0.1) is 5.92 Å². The molecular weight excluding hydrogens is 312 g/mol. The standard InChI is InChI=1S/C18H17ClN2O2/c1-11-7-8-12(19)9-15(11)20-18(23)14-10-17(22)21(2)16-6-4-3-5-13(14)16/h3-9,14H,10H2,1-2H3,(H,20,23). The Morgan fingerprint density at radius 2 is 2.00 bits per heavy atom. The number of carbonyl (C=O) groups excluding carboxylic acids is 2. The number of nitrogens with one attached hydrogen (secondary N) is 1. The van der Waals surface area contributed by atoms with E-state index in [9.17, 15) is 9.59 Å². The van der Waals surface area contributed by atoms with Gasteiger partial charge in [-0.05, 0) is 36.2 Å². The maximum absolute atomic E-state index is 12.7. The molecule has 2 amide bonds. The van der Waals surface area contributed by atoms with E-state index in [1.54, 1.807) is 24.1 Å². The van der Waals surface area contributed by atoms with Gasteiger partial charge in [-0.3, -0.25) is 9.59 Å². The summed E-state index contributed by atoms with van der Waals surface area (Å²) in [5.74, 6) is -0.746. The smallest absolute Gasteiger partial charge is 0.232 e. The minimum atomic E-state index is -0.492. The quantitative estimate of drug-likeness (QED) is 0.913. The van der Waals surface area contributed by atoms with E-state index in [0.717, 1.165) is 16.8 Å². The molecule has 1 N–H and O–H groups in total. The Kier molecular flexibility index (Phi) is 4.09. The molecule has 5 heteroatoms. The molecule has 2 aromatic carbocycles. The van der Waals surface area contributed by atoms with Gasteiger partial charge in [-0.1, -0.05) is 35.9 Å². The number of aryl methyl sites for hydroxylation is 1. The van der Waals surface area contributed by atoms with Gasteiger partial charge in [0, 0.05) is 29.9 Å². The Labute approximate surface area is 140 Å². The van der Waals surface area contributed by atoms with Crippen molar-refractivity contribution in [2.24, 2.45) is 0 Å². The molecule has 1 atom stereocenters. The van der Waals surface area contributed by atoms with Crippen LogP contribution in [0.4, 0.5) is 11.4 Å². The van der Waals surface area contributed by atoms with Crippen molar-refractivity contribution >= 4 is 34.8 Å². The van der Waals surface area contributed by atoms with E-state index in [4.69, 9.17) is 11.6 Å². The van der Waals surface area contributed by atoms with Gasteiger partial charge in [0.25, 0.3) is 0 Å². The van der Waals surface area contributed by atoms with Crippen molar-refractivity contribution in [3.8, 4) is 0 Å². The number of amides is 2. The first-order chi connectivity index (χ1) is 11.0. The minimum Gasteiger partial charge on any atom is -0.325 e. The second-order valence-corrected chi connectivity index (χ2v) is 6.15. The number of rotatable bonds is 2. The Bertz CT molecular complexity index is 788. The number of fused-ring (bicyclic) bond motifs is 1. The predicted octanol–water partition coefficient (Wildman–Crippen LogP) is 3.74. The average Bonchev–Trinajstić information content (AvgIpc) is 2.54. The van der Waals surface area contributed by atoms with Crippen molar-refractivity contribution in [3.05, 3.63) is 58.6 Å². The summed E-state index contributed by atoms with van der Waals surface area (Å²) in [7, 11) is 1.73. The van der Waals surface area contributed by atoms with Crippen LogP contribution in [0.25, 0.3) is 0 Å². The molecular formula is C18H17ClN2O2. The van der Waals surface area contributed by atoms with Crippen molar-refractivity contribution in [1.29, 1.82) is 0 Å². The molecule has 0 radical (unpaired) electrons. The third-order valence-electron chi connectivity index (χ3n) is 4.20. The lowest BCUT2D eigenvalue weighted by molar-refractivity contribution is -0.124. The molecule has 0 saturated heterocycles. The molecule has 0 aromatic heterocycles. The Morgan fingerprint density at radius 1 is 1.26 bits per heavy atom. The number of hydrogen-bond acceptors (Lipinski definition) is 2. The number of para-hydroxylation sites is 1. The van der Waals surface area contributed by atoms with E-state index in [1.165, 1.54) is 0 Å². The molecule has 0 saturated carbocycles. The summed E-state index contributed by atoms with van der Waals surface area (Å²) in [6.45, 7) is 1.90. The van der Waals surface area contributed by atoms with Crippen molar-refractivity contribution < 1.29 is 9.59 Å². The maximum Gasteiger partial charge on any atom is 0.232 e. The van der Waals surface area contributed by atoms with Gasteiger partial charge in [0.2, 0.25) is 11.8 Å². The third-order valence-corrected chi connectivity index (χ3v) is 4.44. The average molecular weight is 329 g/mol. The van der Waals surface area contributed by atoms with Crippen LogP contribution in [0.15, 0.2) is 42.5 Å². The first kappa shape index (κ1) is 15.6. The summed E-state index contributed by atoms with van der Waals surface area (Å²) in [5, 5.41) is 3.46. The van der Waals surface area contributed by atoms with Gasteiger partial charge in [-0.25, -0.2) is 0 Å². The fourth-order valence-corrected chi connectivity index (χ4v) is 3.00. The summed E-state index contributed by atoms with van der Waals surface area (Å²) in [4.78, 5) is 26.5. The lowest BCUT2D eigenvalue weighted by Crippen LogP contribution is -2.37. The molecule has 3 rings (SSSR count). The summed E-state index contributed by atoms with van der Waals surface area (Å²) >= 11 is 6.00. The fourth-order valence-electron chi connectivity index (χ4n) is 2.83. The van der Waals surface area contributed by atoms with E-state index >= 15 is 0 Å². The lowest BCUT2D eigenvalue weighted by atomic mass is 9.89. The van der Waals surface area contributed by atoms with Crippen LogP contribution in [-0.2, 0) is 9.59 Å². The van der Waals surface area contributed by atoms with Crippen molar-refractivity contribution in [3.63, 3.8) is 0 Å². The summed E-state index contributed by atoms with van der Waals surface area (Å²) in [5.41, 5.74) is 3.25. The minimum absolute atomic E-state index is 0.0633. The largest absolute Gasteiger partial charge is 0.325 e. The normalized spacial score (nSPS) is 16.9. The van der Waals surface area contributed by atoms with E-state index in [2.05, 4.69) is 5.32 Å².